The second-order valence-electron chi connectivity index (χ2n) is 21.6. The highest BCUT2D eigenvalue weighted by Gasteiger charge is 2.10. The number of hydrogen-bond acceptors (Lipinski definition) is 7. The van der Waals surface area contributed by atoms with E-state index < -0.39 is 17.9 Å². The molecule has 0 aliphatic rings. The summed E-state index contributed by atoms with van der Waals surface area (Å²) in [5.74, 6) is -2.61. The number of carbonyl (C=O) groups is 5. The maximum absolute atomic E-state index is 11.8. The fourth-order valence-electron chi connectivity index (χ4n) is 8.13. The van der Waals surface area contributed by atoms with Crippen molar-refractivity contribution in [3.05, 3.63) is 61.8 Å². The number of unbranched alkanes of at least 4 members (excludes halogenated alkanes) is 36. The van der Waals surface area contributed by atoms with Crippen molar-refractivity contribution in [3.8, 4) is 0 Å². The zero-order valence-electron chi connectivity index (χ0n) is 52.0. The quantitative estimate of drug-likeness (QED) is 0.0303. The molecule has 0 spiro atoms. The minimum atomic E-state index is -0.981. The molecule has 0 aliphatic carbocycles. The van der Waals surface area contributed by atoms with E-state index in [-0.39, 0.29) is 11.9 Å². The fourth-order valence-corrected chi connectivity index (χ4v) is 8.13. The Balaban J connectivity index is -0.000000319. The van der Waals surface area contributed by atoms with Crippen molar-refractivity contribution in [3.63, 3.8) is 0 Å². The van der Waals surface area contributed by atoms with Crippen molar-refractivity contribution < 1.29 is 48.8 Å². The first kappa shape index (κ1) is 82.9. The van der Waals surface area contributed by atoms with Crippen molar-refractivity contribution in [2.45, 2.75) is 324 Å². The van der Waals surface area contributed by atoms with Gasteiger partial charge in [0.25, 0.3) is 0 Å². The highest BCUT2D eigenvalue weighted by atomic mass is 16.5. The molecule has 0 atom stereocenters. The maximum atomic E-state index is 11.8. The topological polar surface area (TPSA) is 165 Å². The molecule has 0 fully saturated rings. The van der Waals surface area contributed by atoms with Gasteiger partial charge in [0, 0.05) is 28.9 Å². The summed E-state index contributed by atoms with van der Waals surface area (Å²) in [6.45, 7) is 31.6. The lowest BCUT2D eigenvalue weighted by atomic mass is 10.0. The smallest absolute Gasteiger partial charge is 0.333 e. The molecule has 0 heterocycles. The zero-order chi connectivity index (χ0) is 59.6. The average Bonchev–Trinajstić information content (AvgIpc) is 3.41. The molecule has 0 aromatic heterocycles. The highest BCUT2D eigenvalue weighted by molar-refractivity contribution is 5.88. The van der Waals surface area contributed by atoms with Crippen LogP contribution in [0, 0.1) is 5.92 Å². The Labute approximate surface area is 481 Å². The van der Waals surface area contributed by atoms with Gasteiger partial charge < -0.3 is 24.8 Å². The molecule has 0 radical (unpaired) electrons. The Kier molecular flexibility index (Phi) is 75.5. The number of carbonyl (C=O) groups excluding carboxylic acids is 2. The van der Waals surface area contributed by atoms with Crippen molar-refractivity contribution in [1.29, 1.82) is 0 Å². The first-order chi connectivity index (χ1) is 37.5. The fraction of sp³-hybridized carbons (Fsp3) is 0.779. The second kappa shape index (κ2) is 71.1. The van der Waals surface area contributed by atoms with Gasteiger partial charge in [0.15, 0.2) is 0 Å². The maximum Gasteiger partial charge on any atom is 0.333 e. The minimum absolute atomic E-state index is 0.179. The largest absolute Gasteiger partial charge is 0.478 e. The Morgan fingerprint density at radius 3 is 0.769 bits per heavy atom. The lowest BCUT2D eigenvalue weighted by molar-refractivity contribution is -0.140. The van der Waals surface area contributed by atoms with E-state index in [1.54, 1.807) is 0 Å². The number of carboxylic acid groups (broad SMARTS) is 3. The molecular formula is C68H126O10. The molecule has 0 amide bonds. The minimum Gasteiger partial charge on any atom is -0.478 e. The van der Waals surface area contributed by atoms with Gasteiger partial charge in [-0.3, -0.25) is 0 Å². The van der Waals surface area contributed by atoms with E-state index in [4.69, 9.17) is 24.8 Å². The van der Waals surface area contributed by atoms with E-state index in [0.717, 1.165) is 69.9 Å². The van der Waals surface area contributed by atoms with E-state index in [0.29, 0.717) is 42.3 Å². The number of aliphatic carboxylic acids is 3. The molecule has 0 unspecified atom stereocenters. The zero-order valence-corrected chi connectivity index (χ0v) is 52.0. The third-order valence-corrected chi connectivity index (χ3v) is 13.4. The summed E-state index contributed by atoms with van der Waals surface area (Å²) >= 11 is 0. The standard InChI is InChI=1S/C26H50O2.C21H40O2.C15H28O2.2C3H4O2/c1-5-6-7-8-9-10-11-12-13-14-15-16-17-18-19-20-21-25(4)26(27)28-23-22-24(2)3;1-4-6-8-10-12-13-14-16-18-20(3)21(22)23-19-17-15-11-9-7-5-2;1-3-4-5-6-7-8-9-10-11-12-13-14(2)15(16)17;2*1-2-3(4)5/h24H,4-23H2,1-3H3;3-19H2,1-2H3;2-13H2,1H3,(H,16,17);2*2H,1H2,(H,4,5). The molecule has 10 nitrogen and oxygen atoms in total. The SMILES string of the molecule is C=C(CCCCCCCCCC)C(=O)OCCCCCCCC.C=C(CCCCCCCCCCCC)C(=O)O.C=C(CCCCCCCCCCCCCCCCCC)C(=O)OCCC(C)C.C=CC(=O)O.C=CC(=O)O. The average molecular weight is 1100 g/mol. The van der Waals surface area contributed by atoms with Crippen molar-refractivity contribution in [1.82, 2.24) is 0 Å². The third-order valence-electron chi connectivity index (χ3n) is 13.4. The van der Waals surface area contributed by atoms with Gasteiger partial charge in [0.1, 0.15) is 0 Å². The molecule has 3 N–H and O–H groups in total. The molecule has 0 aliphatic heterocycles. The van der Waals surface area contributed by atoms with Gasteiger partial charge in [-0.25, -0.2) is 24.0 Å². The number of esters is 2. The molecule has 458 valence electrons. The van der Waals surface area contributed by atoms with Gasteiger partial charge in [0.05, 0.1) is 13.2 Å². The predicted molar refractivity (Wildman–Crippen MR) is 333 cm³/mol. The molecule has 78 heavy (non-hydrogen) atoms. The van der Waals surface area contributed by atoms with E-state index in [1.165, 1.54) is 218 Å². The van der Waals surface area contributed by atoms with Crippen LogP contribution in [-0.4, -0.2) is 58.4 Å². The first-order valence-corrected chi connectivity index (χ1v) is 31.8. The summed E-state index contributed by atoms with van der Waals surface area (Å²) in [6, 6.07) is 0. The Bertz CT molecular complexity index is 1400. The van der Waals surface area contributed by atoms with Gasteiger partial charge in [0.2, 0.25) is 0 Å². The van der Waals surface area contributed by atoms with E-state index in [1.807, 2.05) is 0 Å². The number of ether oxygens (including phenoxy) is 2. The van der Waals surface area contributed by atoms with Gasteiger partial charge in [-0.2, -0.15) is 0 Å². The highest BCUT2D eigenvalue weighted by Crippen LogP contribution is 2.18. The predicted octanol–water partition coefficient (Wildman–Crippen LogP) is 21.2. The summed E-state index contributed by atoms with van der Waals surface area (Å²) in [7, 11) is 0. The summed E-state index contributed by atoms with van der Waals surface area (Å²) in [5, 5.41) is 23.8. The molecule has 0 rings (SSSR count). The third kappa shape index (κ3) is 80.9. The van der Waals surface area contributed by atoms with Crippen molar-refractivity contribution >= 4 is 29.8 Å². The van der Waals surface area contributed by atoms with Gasteiger partial charge in [-0.15, -0.1) is 0 Å². The number of carboxylic acids is 3. The van der Waals surface area contributed by atoms with Crippen LogP contribution in [0.3, 0.4) is 0 Å². The monoisotopic (exact) mass is 1100 g/mol. The lowest BCUT2D eigenvalue weighted by Gasteiger charge is -2.08. The van der Waals surface area contributed by atoms with Gasteiger partial charge in [-0.05, 0) is 57.3 Å². The van der Waals surface area contributed by atoms with E-state index in [9.17, 15) is 24.0 Å². The van der Waals surface area contributed by atoms with Crippen LogP contribution in [0.15, 0.2) is 61.8 Å². The van der Waals surface area contributed by atoms with Crippen LogP contribution in [0.2, 0.25) is 0 Å². The van der Waals surface area contributed by atoms with Crippen LogP contribution < -0.4 is 0 Å². The Morgan fingerprint density at radius 2 is 0.551 bits per heavy atom. The van der Waals surface area contributed by atoms with Crippen LogP contribution in [0.25, 0.3) is 0 Å². The summed E-state index contributed by atoms with van der Waals surface area (Å²) in [4.78, 5) is 52.6. The molecule has 0 saturated carbocycles. The van der Waals surface area contributed by atoms with Crippen molar-refractivity contribution in [2.75, 3.05) is 13.2 Å². The molecule has 0 bridgehead atoms. The molecule has 0 saturated heterocycles. The van der Waals surface area contributed by atoms with E-state index in [2.05, 4.69) is 74.4 Å². The van der Waals surface area contributed by atoms with Crippen LogP contribution in [-0.2, 0) is 33.4 Å². The first-order valence-electron chi connectivity index (χ1n) is 31.8. The lowest BCUT2D eigenvalue weighted by Crippen LogP contribution is -2.09. The summed E-state index contributed by atoms with van der Waals surface area (Å²) in [6.07, 6.45) is 57.1. The van der Waals surface area contributed by atoms with Crippen LogP contribution in [0.4, 0.5) is 0 Å². The number of hydrogen-bond donors (Lipinski definition) is 3. The molecule has 0 aromatic carbocycles. The van der Waals surface area contributed by atoms with Crippen LogP contribution >= 0.6 is 0 Å². The van der Waals surface area contributed by atoms with Crippen LogP contribution in [0.5, 0.6) is 0 Å². The second-order valence-corrected chi connectivity index (χ2v) is 21.6. The molecule has 10 heteroatoms. The molecular weight excluding hydrogens is 977 g/mol. The van der Waals surface area contributed by atoms with E-state index >= 15 is 0 Å². The van der Waals surface area contributed by atoms with Gasteiger partial charge >= 0.3 is 29.8 Å². The van der Waals surface area contributed by atoms with Gasteiger partial charge in [-0.1, -0.05) is 306 Å². The Hall–Kier alpha value is -3.95. The van der Waals surface area contributed by atoms with Crippen molar-refractivity contribution in [2.24, 2.45) is 5.92 Å². The normalized spacial score (nSPS) is 10.2. The Morgan fingerprint density at radius 1 is 0.346 bits per heavy atom. The number of rotatable bonds is 52. The van der Waals surface area contributed by atoms with Crippen LogP contribution in [0.1, 0.15) is 324 Å². The molecule has 0 aromatic rings. The summed E-state index contributed by atoms with van der Waals surface area (Å²) in [5.41, 5.74) is 1.65. The summed E-state index contributed by atoms with van der Waals surface area (Å²) < 4.78 is 10.5.